The van der Waals surface area contributed by atoms with Crippen molar-refractivity contribution in [3.05, 3.63) is 33.6 Å². The fraction of sp³-hybridized carbons (Fsp3) is 0.500. The average Bonchev–Trinajstić information content (AvgIpc) is 3.18. The minimum Gasteiger partial charge on any atom is -0.395 e. The Morgan fingerprint density at radius 2 is 2.10 bits per heavy atom. The Morgan fingerprint density at radius 1 is 1.48 bits per heavy atom. The molecule has 0 atom stereocenters. The van der Waals surface area contributed by atoms with Gasteiger partial charge in [-0.3, -0.25) is 10.1 Å². The molecule has 0 aliphatic heterocycles. The molecular weight excluding hydrogens is 303 g/mol. The Kier molecular flexibility index (Phi) is 4.26. The van der Waals surface area contributed by atoms with Gasteiger partial charge in [-0.1, -0.05) is 0 Å². The molecule has 116 valence electrons. The fourth-order valence-electron chi connectivity index (χ4n) is 2.15. The highest BCUT2D eigenvalue weighted by Gasteiger charge is 2.39. The number of nitro benzene ring substituents is 1. The molecule has 0 amide bonds. The zero-order valence-electron chi connectivity index (χ0n) is 11.3. The lowest BCUT2D eigenvalue weighted by atomic mass is 10.2. The van der Waals surface area contributed by atoms with Crippen LogP contribution in [0, 0.1) is 22.9 Å². The molecule has 1 aliphatic carbocycles. The van der Waals surface area contributed by atoms with E-state index in [9.17, 15) is 22.9 Å². The molecule has 1 aromatic rings. The molecular formula is C12H15FN2O5S. The molecule has 0 radical (unpaired) electrons. The molecule has 1 saturated carbocycles. The Bertz CT molecular complexity index is 672. The van der Waals surface area contributed by atoms with Crippen LogP contribution in [-0.4, -0.2) is 41.9 Å². The van der Waals surface area contributed by atoms with Gasteiger partial charge in [0.25, 0.3) is 0 Å². The summed E-state index contributed by atoms with van der Waals surface area (Å²) in [4.78, 5) is 9.52. The van der Waals surface area contributed by atoms with E-state index in [4.69, 9.17) is 5.11 Å². The summed E-state index contributed by atoms with van der Waals surface area (Å²) in [6.45, 7) is 0.944. The van der Waals surface area contributed by atoms with E-state index in [0.717, 1.165) is 16.4 Å². The van der Waals surface area contributed by atoms with Crippen molar-refractivity contribution in [2.45, 2.75) is 30.7 Å². The first kappa shape index (κ1) is 15.8. The molecule has 0 heterocycles. The Balaban J connectivity index is 2.53. The van der Waals surface area contributed by atoms with Crippen LogP contribution in [0.2, 0.25) is 0 Å². The fourth-order valence-corrected chi connectivity index (χ4v) is 4.05. The molecule has 21 heavy (non-hydrogen) atoms. The Hall–Kier alpha value is -1.58. The lowest BCUT2D eigenvalue weighted by Gasteiger charge is -2.21. The molecule has 0 spiro atoms. The third-order valence-electron chi connectivity index (χ3n) is 3.30. The van der Waals surface area contributed by atoms with Crippen molar-refractivity contribution in [3.63, 3.8) is 0 Å². The molecule has 1 aliphatic rings. The van der Waals surface area contributed by atoms with Crippen LogP contribution in [0.3, 0.4) is 0 Å². The van der Waals surface area contributed by atoms with Crippen LogP contribution in [0.15, 0.2) is 17.0 Å². The first-order valence-corrected chi connectivity index (χ1v) is 7.80. The van der Waals surface area contributed by atoms with Crippen molar-refractivity contribution in [2.24, 2.45) is 0 Å². The van der Waals surface area contributed by atoms with Gasteiger partial charge in [-0.2, -0.15) is 8.70 Å². The number of aliphatic hydroxyl groups excluding tert-OH is 1. The number of aryl methyl sites for hydroxylation is 1. The summed E-state index contributed by atoms with van der Waals surface area (Å²) in [5, 5.41) is 19.8. The van der Waals surface area contributed by atoms with E-state index in [1.807, 2.05) is 0 Å². The van der Waals surface area contributed by atoms with Crippen LogP contribution in [0.5, 0.6) is 0 Å². The van der Waals surface area contributed by atoms with Crippen molar-refractivity contribution in [1.29, 1.82) is 0 Å². The maximum Gasteiger partial charge on any atom is 0.306 e. The van der Waals surface area contributed by atoms with E-state index in [0.29, 0.717) is 12.8 Å². The van der Waals surface area contributed by atoms with Gasteiger partial charge in [0, 0.05) is 18.7 Å². The summed E-state index contributed by atoms with van der Waals surface area (Å²) in [6, 6.07) is 1.38. The van der Waals surface area contributed by atoms with Crippen LogP contribution in [0.1, 0.15) is 18.4 Å². The monoisotopic (exact) mass is 318 g/mol. The van der Waals surface area contributed by atoms with Crippen molar-refractivity contribution in [2.75, 3.05) is 13.2 Å². The summed E-state index contributed by atoms with van der Waals surface area (Å²) in [6.07, 6.45) is 1.36. The molecule has 0 saturated heterocycles. The number of hydrogen-bond donors (Lipinski definition) is 1. The predicted molar refractivity (Wildman–Crippen MR) is 71.8 cm³/mol. The summed E-state index contributed by atoms with van der Waals surface area (Å²) in [7, 11) is -4.00. The summed E-state index contributed by atoms with van der Waals surface area (Å²) >= 11 is 0. The third kappa shape index (κ3) is 3.04. The number of aliphatic hydroxyl groups is 1. The van der Waals surface area contributed by atoms with Gasteiger partial charge in [0.05, 0.1) is 16.4 Å². The van der Waals surface area contributed by atoms with E-state index < -0.39 is 26.5 Å². The van der Waals surface area contributed by atoms with E-state index in [1.165, 1.54) is 6.92 Å². The zero-order valence-corrected chi connectivity index (χ0v) is 12.1. The number of halogens is 1. The van der Waals surface area contributed by atoms with Gasteiger partial charge < -0.3 is 5.11 Å². The summed E-state index contributed by atoms with van der Waals surface area (Å²) in [5.41, 5.74) is -0.777. The maximum atomic E-state index is 13.5. The second-order valence-corrected chi connectivity index (χ2v) is 6.76. The number of nitrogens with zero attached hydrogens (tertiary/aromatic N) is 2. The van der Waals surface area contributed by atoms with E-state index in [-0.39, 0.29) is 29.7 Å². The van der Waals surface area contributed by atoms with E-state index in [1.54, 1.807) is 0 Å². The van der Waals surface area contributed by atoms with Gasteiger partial charge in [-0.25, -0.2) is 8.42 Å². The largest absolute Gasteiger partial charge is 0.395 e. The lowest BCUT2D eigenvalue weighted by molar-refractivity contribution is -0.387. The maximum absolute atomic E-state index is 13.5. The number of benzene rings is 1. The van der Waals surface area contributed by atoms with Gasteiger partial charge >= 0.3 is 5.69 Å². The van der Waals surface area contributed by atoms with Crippen LogP contribution >= 0.6 is 0 Å². The lowest BCUT2D eigenvalue weighted by Crippen LogP contribution is -2.36. The molecule has 1 N–H and O–H groups in total. The molecule has 1 aromatic carbocycles. The highest BCUT2D eigenvalue weighted by atomic mass is 32.2. The first-order valence-electron chi connectivity index (χ1n) is 6.36. The molecule has 1 fully saturated rings. The standard InChI is InChI=1S/C12H15FN2O5S/c1-8-6-10(13)11(15(17)18)7-12(8)21(19,20)14(4-5-16)9-2-3-9/h6-7,9,16H,2-5H2,1H3. The van der Waals surface area contributed by atoms with Crippen LogP contribution < -0.4 is 0 Å². The van der Waals surface area contributed by atoms with Crippen LogP contribution in [0.25, 0.3) is 0 Å². The Morgan fingerprint density at radius 3 is 2.57 bits per heavy atom. The smallest absolute Gasteiger partial charge is 0.306 e. The highest BCUT2D eigenvalue weighted by Crippen LogP contribution is 2.34. The van der Waals surface area contributed by atoms with Crippen molar-refractivity contribution in [1.82, 2.24) is 4.31 Å². The van der Waals surface area contributed by atoms with E-state index >= 15 is 0 Å². The molecule has 0 unspecified atom stereocenters. The topological polar surface area (TPSA) is 101 Å². The predicted octanol–water partition coefficient (Wildman–Crippen LogP) is 1.19. The second-order valence-electron chi connectivity index (χ2n) is 4.90. The summed E-state index contributed by atoms with van der Waals surface area (Å²) in [5.74, 6) is -1.07. The second kappa shape index (κ2) is 5.66. The minimum absolute atomic E-state index is 0.0857. The van der Waals surface area contributed by atoms with Crippen LogP contribution in [0.4, 0.5) is 10.1 Å². The number of rotatable bonds is 6. The van der Waals surface area contributed by atoms with Gasteiger partial charge in [-0.15, -0.1) is 0 Å². The van der Waals surface area contributed by atoms with Crippen LogP contribution in [-0.2, 0) is 10.0 Å². The average molecular weight is 318 g/mol. The van der Waals surface area contributed by atoms with Crippen molar-refractivity contribution >= 4 is 15.7 Å². The first-order chi connectivity index (χ1) is 9.78. The molecule has 9 heteroatoms. The highest BCUT2D eigenvalue weighted by molar-refractivity contribution is 7.89. The zero-order chi connectivity index (χ0) is 15.8. The van der Waals surface area contributed by atoms with Gasteiger partial charge in [0.2, 0.25) is 15.8 Å². The number of hydrogen-bond acceptors (Lipinski definition) is 5. The molecule has 2 rings (SSSR count). The SMILES string of the molecule is Cc1cc(F)c([N+](=O)[O-])cc1S(=O)(=O)N(CCO)C1CC1. The normalized spacial score (nSPS) is 15.4. The van der Waals surface area contributed by atoms with Gasteiger partial charge in [0.15, 0.2) is 0 Å². The number of sulfonamides is 1. The quantitative estimate of drug-likeness (QED) is 0.627. The molecule has 7 nitrogen and oxygen atoms in total. The molecule has 0 aromatic heterocycles. The van der Waals surface area contributed by atoms with E-state index in [2.05, 4.69) is 0 Å². The minimum atomic E-state index is -4.00. The third-order valence-corrected chi connectivity index (χ3v) is 5.40. The van der Waals surface area contributed by atoms with Gasteiger partial charge in [-0.05, 0) is 31.4 Å². The Labute approximate surface area is 121 Å². The van der Waals surface area contributed by atoms with Gasteiger partial charge in [0.1, 0.15) is 0 Å². The number of nitro groups is 1. The molecule has 0 bridgehead atoms. The van der Waals surface area contributed by atoms with Crippen molar-refractivity contribution < 1.29 is 22.8 Å². The summed E-state index contributed by atoms with van der Waals surface area (Å²) < 4.78 is 39.8. The van der Waals surface area contributed by atoms with Crippen molar-refractivity contribution in [3.8, 4) is 0 Å².